The van der Waals surface area contributed by atoms with Crippen LogP contribution in [-0.2, 0) is 0 Å². The van der Waals surface area contributed by atoms with E-state index in [1.54, 1.807) is 0 Å². The zero-order valence-corrected chi connectivity index (χ0v) is 11.2. The first-order valence-electron chi connectivity index (χ1n) is 6.57. The SMILES string of the molecule is CCCCN(CCCC)CC(C)(N)CC. The monoisotopic (exact) mass is 214 g/mol. The van der Waals surface area contributed by atoms with Gasteiger partial charge in [0.2, 0.25) is 0 Å². The minimum Gasteiger partial charge on any atom is -0.324 e. The molecule has 0 saturated carbocycles. The van der Waals surface area contributed by atoms with Crippen LogP contribution in [0.4, 0.5) is 0 Å². The molecule has 0 amide bonds. The third-order valence-electron chi connectivity index (χ3n) is 3.05. The van der Waals surface area contributed by atoms with Crippen molar-refractivity contribution in [3.05, 3.63) is 0 Å². The van der Waals surface area contributed by atoms with Crippen molar-refractivity contribution in [1.29, 1.82) is 0 Å². The number of hydrogen-bond acceptors (Lipinski definition) is 2. The van der Waals surface area contributed by atoms with E-state index in [0.29, 0.717) is 0 Å². The highest BCUT2D eigenvalue weighted by Gasteiger charge is 2.19. The molecular formula is C13H30N2. The molecule has 0 rings (SSSR count). The minimum absolute atomic E-state index is 0.0124. The van der Waals surface area contributed by atoms with Gasteiger partial charge in [-0.2, -0.15) is 0 Å². The van der Waals surface area contributed by atoms with Gasteiger partial charge in [0.25, 0.3) is 0 Å². The van der Waals surface area contributed by atoms with Crippen molar-refractivity contribution in [2.24, 2.45) is 5.73 Å². The summed E-state index contributed by atoms with van der Waals surface area (Å²) in [6.07, 6.45) is 6.20. The largest absolute Gasteiger partial charge is 0.324 e. The summed E-state index contributed by atoms with van der Waals surface area (Å²) in [6.45, 7) is 12.3. The first-order chi connectivity index (χ1) is 7.05. The van der Waals surface area contributed by atoms with Gasteiger partial charge in [0.05, 0.1) is 0 Å². The van der Waals surface area contributed by atoms with Gasteiger partial charge in [-0.15, -0.1) is 0 Å². The molecular weight excluding hydrogens is 184 g/mol. The van der Waals surface area contributed by atoms with E-state index in [0.717, 1.165) is 13.0 Å². The van der Waals surface area contributed by atoms with Crippen molar-refractivity contribution in [2.75, 3.05) is 19.6 Å². The van der Waals surface area contributed by atoms with E-state index in [1.807, 2.05) is 0 Å². The summed E-state index contributed by atoms with van der Waals surface area (Å²) in [5, 5.41) is 0. The molecule has 0 aromatic carbocycles. The van der Waals surface area contributed by atoms with Crippen LogP contribution in [0.15, 0.2) is 0 Å². The maximum Gasteiger partial charge on any atom is 0.0252 e. The molecule has 0 fully saturated rings. The number of nitrogens with two attached hydrogens (primary N) is 1. The average Bonchev–Trinajstić information content (AvgIpc) is 2.22. The van der Waals surface area contributed by atoms with E-state index in [-0.39, 0.29) is 5.54 Å². The number of hydrogen-bond donors (Lipinski definition) is 1. The zero-order valence-electron chi connectivity index (χ0n) is 11.2. The van der Waals surface area contributed by atoms with Crippen LogP contribution in [0, 0.1) is 0 Å². The number of nitrogens with zero attached hydrogens (tertiary/aromatic N) is 1. The molecule has 0 radical (unpaired) electrons. The summed E-state index contributed by atoms with van der Waals surface area (Å²) < 4.78 is 0. The molecule has 92 valence electrons. The van der Waals surface area contributed by atoms with Crippen LogP contribution in [0.1, 0.15) is 59.8 Å². The second-order valence-electron chi connectivity index (χ2n) is 4.99. The molecule has 0 aliphatic carbocycles. The van der Waals surface area contributed by atoms with Gasteiger partial charge in [0.1, 0.15) is 0 Å². The lowest BCUT2D eigenvalue weighted by atomic mass is 9.99. The van der Waals surface area contributed by atoms with Gasteiger partial charge < -0.3 is 10.6 Å². The predicted molar refractivity (Wildman–Crippen MR) is 69.1 cm³/mol. The summed E-state index contributed by atoms with van der Waals surface area (Å²) in [4.78, 5) is 2.54. The van der Waals surface area contributed by atoms with Gasteiger partial charge in [-0.25, -0.2) is 0 Å². The van der Waals surface area contributed by atoms with Crippen molar-refractivity contribution >= 4 is 0 Å². The Morgan fingerprint density at radius 3 is 1.80 bits per heavy atom. The van der Waals surface area contributed by atoms with E-state index in [1.165, 1.54) is 38.8 Å². The molecule has 1 unspecified atom stereocenters. The third-order valence-corrected chi connectivity index (χ3v) is 3.05. The second kappa shape index (κ2) is 8.12. The van der Waals surface area contributed by atoms with Crippen LogP contribution in [0.2, 0.25) is 0 Å². The molecule has 1 atom stereocenters. The minimum atomic E-state index is -0.0124. The normalized spacial score (nSPS) is 15.6. The van der Waals surface area contributed by atoms with Gasteiger partial charge in [-0.1, -0.05) is 33.6 Å². The maximum absolute atomic E-state index is 6.22. The van der Waals surface area contributed by atoms with E-state index in [4.69, 9.17) is 5.73 Å². The fourth-order valence-corrected chi connectivity index (χ4v) is 1.66. The van der Waals surface area contributed by atoms with Crippen LogP contribution in [0.5, 0.6) is 0 Å². The van der Waals surface area contributed by atoms with E-state index in [9.17, 15) is 0 Å². The molecule has 0 aliphatic rings. The highest BCUT2D eigenvalue weighted by Crippen LogP contribution is 2.09. The van der Waals surface area contributed by atoms with Crippen LogP contribution >= 0.6 is 0 Å². The molecule has 15 heavy (non-hydrogen) atoms. The molecule has 2 heteroatoms. The average molecular weight is 214 g/mol. The number of rotatable bonds is 9. The second-order valence-corrected chi connectivity index (χ2v) is 4.99. The van der Waals surface area contributed by atoms with Crippen LogP contribution < -0.4 is 5.73 Å². The van der Waals surface area contributed by atoms with Crippen molar-refractivity contribution in [1.82, 2.24) is 4.90 Å². The predicted octanol–water partition coefficient (Wildman–Crippen LogP) is 3.02. The Bertz CT molecular complexity index is 135. The fourth-order valence-electron chi connectivity index (χ4n) is 1.66. The Morgan fingerprint density at radius 2 is 1.47 bits per heavy atom. The Hall–Kier alpha value is -0.0800. The molecule has 0 saturated heterocycles. The standard InChI is InChI=1S/C13H30N2/c1-5-8-10-15(11-9-6-2)12-13(4,14)7-3/h5-12,14H2,1-4H3. The van der Waals surface area contributed by atoms with Gasteiger partial charge >= 0.3 is 0 Å². The van der Waals surface area contributed by atoms with E-state index < -0.39 is 0 Å². The van der Waals surface area contributed by atoms with Crippen molar-refractivity contribution in [3.63, 3.8) is 0 Å². The summed E-state index contributed by atoms with van der Waals surface area (Å²) in [7, 11) is 0. The molecule has 0 aromatic rings. The number of unbranched alkanes of at least 4 members (excludes halogenated alkanes) is 2. The summed E-state index contributed by atoms with van der Waals surface area (Å²) in [5.74, 6) is 0. The molecule has 0 bridgehead atoms. The van der Waals surface area contributed by atoms with Gasteiger partial charge in [0, 0.05) is 12.1 Å². The topological polar surface area (TPSA) is 29.3 Å². The molecule has 2 N–H and O–H groups in total. The Kier molecular flexibility index (Phi) is 8.07. The highest BCUT2D eigenvalue weighted by atomic mass is 15.1. The highest BCUT2D eigenvalue weighted by molar-refractivity contribution is 4.81. The molecule has 0 spiro atoms. The molecule has 0 heterocycles. The van der Waals surface area contributed by atoms with Crippen LogP contribution in [-0.4, -0.2) is 30.1 Å². The van der Waals surface area contributed by atoms with Gasteiger partial charge in [-0.05, 0) is 39.3 Å². The first-order valence-corrected chi connectivity index (χ1v) is 6.57. The zero-order chi connectivity index (χ0) is 11.7. The Morgan fingerprint density at radius 1 is 1.00 bits per heavy atom. The summed E-state index contributed by atoms with van der Waals surface area (Å²) >= 11 is 0. The summed E-state index contributed by atoms with van der Waals surface area (Å²) in [5.41, 5.74) is 6.21. The third kappa shape index (κ3) is 7.80. The lowest BCUT2D eigenvalue weighted by molar-refractivity contribution is 0.207. The van der Waals surface area contributed by atoms with Crippen LogP contribution in [0.3, 0.4) is 0 Å². The lowest BCUT2D eigenvalue weighted by Crippen LogP contribution is -2.47. The van der Waals surface area contributed by atoms with Crippen molar-refractivity contribution in [3.8, 4) is 0 Å². The molecule has 2 nitrogen and oxygen atoms in total. The van der Waals surface area contributed by atoms with Crippen molar-refractivity contribution in [2.45, 2.75) is 65.3 Å². The Labute approximate surface area is 96.2 Å². The van der Waals surface area contributed by atoms with E-state index in [2.05, 4.69) is 32.6 Å². The van der Waals surface area contributed by atoms with Crippen molar-refractivity contribution < 1.29 is 0 Å². The first kappa shape index (κ1) is 14.9. The Balaban J connectivity index is 3.98. The molecule has 0 aromatic heterocycles. The fraction of sp³-hybridized carbons (Fsp3) is 1.00. The maximum atomic E-state index is 6.22. The smallest absolute Gasteiger partial charge is 0.0252 e. The van der Waals surface area contributed by atoms with E-state index >= 15 is 0 Å². The quantitative estimate of drug-likeness (QED) is 0.639. The van der Waals surface area contributed by atoms with Gasteiger partial charge in [0.15, 0.2) is 0 Å². The molecule has 0 aliphatic heterocycles. The van der Waals surface area contributed by atoms with Gasteiger partial charge in [-0.3, -0.25) is 0 Å². The van der Waals surface area contributed by atoms with Crippen LogP contribution in [0.25, 0.3) is 0 Å². The summed E-state index contributed by atoms with van der Waals surface area (Å²) in [6, 6.07) is 0. The lowest BCUT2D eigenvalue weighted by Gasteiger charge is -2.31.